The van der Waals surface area contributed by atoms with Gasteiger partial charge in [0, 0.05) is 12.8 Å². The van der Waals surface area contributed by atoms with Crippen molar-refractivity contribution < 1.29 is 22.0 Å². The first kappa shape index (κ1) is 13.8. The van der Waals surface area contributed by atoms with Gasteiger partial charge in [0.1, 0.15) is 6.04 Å². The van der Waals surface area contributed by atoms with Gasteiger partial charge in [-0.25, -0.2) is 8.42 Å². The molecule has 3 rings (SSSR count). The Labute approximate surface area is 120 Å². The van der Waals surface area contributed by atoms with Gasteiger partial charge in [0.05, 0.1) is 6.26 Å². The molecular formula is C12H13N3O5S. The van der Waals surface area contributed by atoms with Crippen molar-refractivity contribution in [1.82, 2.24) is 15.1 Å². The summed E-state index contributed by atoms with van der Waals surface area (Å²) in [4.78, 5) is 13.9. The quantitative estimate of drug-likeness (QED) is 0.833. The topological polar surface area (TPSA) is 107 Å². The first-order valence-corrected chi connectivity index (χ1v) is 8.24. The molecule has 0 aromatic carbocycles. The van der Waals surface area contributed by atoms with Gasteiger partial charge in [0.15, 0.2) is 5.76 Å². The van der Waals surface area contributed by atoms with Crippen LogP contribution in [0.1, 0.15) is 35.3 Å². The van der Waals surface area contributed by atoms with E-state index >= 15 is 0 Å². The van der Waals surface area contributed by atoms with Crippen molar-refractivity contribution in [3.8, 4) is 0 Å². The minimum Gasteiger partial charge on any atom is -0.459 e. The van der Waals surface area contributed by atoms with Crippen LogP contribution in [-0.2, 0) is 9.84 Å². The summed E-state index contributed by atoms with van der Waals surface area (Å²) in [7, 11) is -3.55. The van der Waals surface area contributed by atoms with E-state index in [9.17, 15) is 13.2 Å². The normalized spacial score (nSPS) is 19.1. The van der Waals surface area contributed by atoms with Gasteiger partial charge < -0.3 is 13.7 Å². The second-order valence-corrected chi connectivity index (χ2v) is 6.71. The number of likely N-dealkylation sites (tertiary alicyclic amines) is 1. The molecule has 112 valence electrons. The summed E-state index contributed by atoms with van der Waals surface area (Å²) in [5.74, 6) is 0.0826. The molecule has 0 N–H and O–H groups in total. The van der Waals surface area contributed by atoms with Crippen LogP contribution in [0, 0.1) is 0 Å². The fraction of sp³-hybridized carbons (Fsp3) is 0.417. The summed E-state index contributed by atoms with van der Waals surface area (Å²) in [6.07, 6.45) is 3.82. The number of sulfone groups is 1. The van der Waals surface area contributed by atoms with Crippen LogP contribution in [-0.4, -0.2) is 42.2 Å². The first-order valence-electron chi connectivity index (χ1n) is 6.35. The highest BCUT2D eigenvalue weighted by atomic mass is 32.2. The number of hydrogen-bond acceptors (Lipinski definition) is 7. The molecule has 1 fully saturated rings. The second-order valence-electron chi connectivity index (χ2n) is 4.81. The third kappa shape index (κ3) is 2.56. The van der Waals surface area contributed by atoms with Crippen LogP contribution >= 0.6 is 0 Å². The number of carbonyl (C=O) groups excluding carboxylic acids is 1. The fourth-order valence-corrected chi connectivity index (χ4v) is 2.74. The molecule has 0 spiro atoms. The van der Waals surface area contributed by atoms with Gasteiger partial charge in [-0.1, -0.05) is 5.10 Å². The maximum Gasteiger partial charge on any atom is 0.335 e. The molecule has 0 unspecified atom stereocenters. The van der Waals surface area contributed by atoms with Gasteiger partial charge in [0.25, 0.3) is 5.91 Å². The number of nitrogens with zero attached hydrogens (tertiary/aromatic N) is 3. The lowest BCUT2D eigenvalue weighted by Gasteiger charge is -2.20. The molecule has 0 aliphatic carbocycles. The Bertz CT molecular complexity index is 750. The van der Waals surface area contributed by atoms with E-state index in [1.54, 1.807) is 17.0 Å². The Morgan fingerprint density at radius 3 is 2.86 bits per heavy atom. The fourth-order valence-electron chi connectivity index (χ4n) is 2.31. The number of amides is 1. The lowest BCUT2D eigenvalue weighted by atomic mass is 10.2. The minimum absolute atomic E-state index is 0.132. The lowest BCUT2D eigenvalue weighted by molar-refractivity contribution is 0.0680. The molecule has 2 aromatic rings. The van der Waals surface area contributed by atoms with Crippen LogP contribution in [0.5, 0.6) is 0 Å². The number of aromatic nitrogens is 2. The van der Waals surface area contributed by atoms with Crippen LogP contribution in [0.4, 0.5) is 0 Å². The molecule has 0 saturated carbocycles. The average molecular weight is 311 g/mol. The van der Waals surface area contributed by atoms with Gasteiger partial charge in [-0.05, 0) is 25.0 Å². The molecule has 1 aliphatic heterocycles. The van der Waals surface area contributed by atoms with E-state index in [1.165, 1.54) is 6.26 Å². The summed E-state index contributed by atoms with van der Waals surface area (Å²) in [5, 5.41) is 6.85. The number of furan rings is 1. The number of rotatable bonds is 3. The summed E-state index contributed by atoms with van der Waals surface area (Å²) in [6.45, 7) is 0.529. The largest absolute Gasteiger partial charge is 0.459 e. The van der Waals surface area contributed by atoms with E-state index in [0.29, 0.717) is 13.0 Å². The molecule has 1 amide bonds. The molecule has 1 atom stereocenters. The van der Waals surface area contributed by atoms with Crippen LogP contribution in [0.25, 0.3) is 0 Å². The van der Waals surface area contributed by atoms with E-state index in [1.807, 2.05) is 0 Å². The standard InChI is InChI=1S/C12H13N3O5S/c1-21(17,18)12-14-13-10(20-12)8-4-2-6-15(8)11(16)9-5-3-7-19-9/h3,5,7-8H,2,4,6H2,1H3/t8-/m0/s1. The van der Waals surface area contributed by atoms with Crippen molar-refractivity contribution in [3.05, 3.63) is 30.0 Å². The maximum absolute atomic E-state index is 12.3. The molecule has 21 heavy (non-hydrogen) atoms. The monoisotopic (exact) mass is 311 g/mol. The van der Waals surface area contributed by atoms with Crippen molar-refractivity contribution >= 4 is 15.7 Å². The Morgan fingerprint density at radius 1 is 1.43 bits per heavy atom. The molecular weight excluding hydrogens is 298 g/mol. The predicted octanol–water partition coefficient (Wildman–Crippen LogP) is 1.04. The van der Waals surface area contributed by atoms with Crippen LogP contribution in [0.3, 0.4) is 0 Å². The highest BCUT2D eigenvalue weighted by Gasteiger charge is 2.36. The van der Waals surface area contributed by atoms with Crippen molar-refractivity contribution in [1.29, 1.82) is 0 Å². The van der Waals surface area contributed by atoms with Crippen molar-refractivity contribution in [2.24, 2.45) is 0 Å². The second kappa shape index (κ2) is 4.99. The summed E-state index contributed by atoms with van der Waals surface area (Å²) >= 11 is 0. The number of carbonyl (C=O) groups is 1. The Kier molecular flexibility index (Phi) is 3.28. The maximum atomic E-state index is 12.3. The van der Waals surface area contributed by atoms with Gasteiger partial charge in [0.2, 0.25) is 15.7 Å². The van der Waals surface area contributed by atoms with Gasteiger partial charge in [-0.2, -0.15) is 0 Å². The Morgan fingerprint density at radius 2 is 2.24 bits per heavy atom. The van der Waals surface area contributed by atoms with Crippen LogP contribution < -0.4 is 0 Å². The Balaban J connectivity index is 1.87. The molecule has 0 bridgehead atoms. The van der Waals surface area contributed by atoms with Crippen molar-refractivity contribution in [2.75, 3.05) is 12.8 Å². The lowest BCUT2D eigenvalue weighted by Crippen LogP contribution is -2.30. The highest BCUT2D eigenvalue weighted by molar-refractivity contribution is 7.90. The van der Waals surface area contributed by atoms with E-state index < -0.39 is 21.1 Å². The molecule has 3 heterocycles. The van der Waals surface area contributed by atoms with Crippen LogP contribution in [0.15, 0.2) is 32.5 Å². The third-order valence-electron chi connectivity index (χ3n) is 3.27. The molecule has 2 aromatic heterocycles. The predicted molar refractivity (Wildman–Crippen MR) is 69.1 cm³/mol. The molecule has 1 saturated heterocycles. The van der Waals surface area contributed by atoms with E-state index in [-0.39, 0.29) is 17.6 Å². The summed E-state index contributed by atoms with van der Waals surface area (Å²) < 4.78 is 33.0. The van der Waals surface area contributed by atoms with Crippen molar-refractivity contribution in [2.45, 2.75) is 24.1 Å². The van der Waals surface area contributed by atoms with E-state index in [4.69, 9.17) is 8.83 Å². The molecule has 9 heteroatoms. The third-order valence-corrected chi connectivity index (χ3v) is 4.07. The summed E-state index contributed by atoms with van der Waals surface area (Å²) in [6, 6.07) is 2.78. The average Bonchev–Trinajstić information content (AvgIpc) is 3.16. The Hall–Kier alpha value is -2.16. The van der Waals surface area contributed by atoms with Gasteiger partial charge in [-0.3, -0.25) is 4.79 Å². The van der Waals surface area contributed by atoms with Crippen LogP contribution in [0.2, 0.25) is 0 Å². The molecule has 0 radical (unpaired) electrons. The van der Waals surface area contributed by atoms with E-state index in [2.05, 4.69) is 10.2 Å². The van der Waals surface area contributed by atoms with Gasteiger partial charge in [-0.15, -0.1) is 5.10 Å². The smallest absolute Gasteiger partial charge is 0.335 e. The minimum atomic E-state index is -3.55. The van der Waals surface area contributed by atoms with Crippen molar-refractivity contribution in [3.63, 3.8) is 0 Å². The zero-order valence-electron chi connectivity index (χ0n) is 11.2. The zero-order chi connectivity index (χ0) is 15.0. The summed E-state index contributed by atoms with van der Waals surface area (Å²) in [5.41, 5.74) is 0. The van der Waals surface area contributed by atoms with E-state index in [0.717, 1.165) is 12.7 Å². The SMILES string of the molecule is CS(=O)(=O)c1nnc([C@@H]2CCCN2C(=O)c2ccco2)o1. The van der Waals surface area contributed by atoms with Gasteiger partial charge >= 0.3 is 5.22 Å². The first-order chi connectivity index (χ1) is 9.97. The zero-order valence-corrected chi connectivity index (χ0v) is 12.0. The molecule has 8 nitrogen and oxygen atoms in total. The molecule has 1 aliphatic rings. The number of hydrogen-bond donors (Lipinski definition) is 0. The highest BCUT2D eigenvalue weighted by Crippen LogP contribution is 2.32.